The van der Waals surface area contributed by atoms with Gasteiger partial charge in [-0.3, -0.25) is 14.6 Å². The molecule has 0 bridgehead atoms. The summed E-state index contributed by atoms with van der Waals surface area (Å²) in [6.07, 6.45) is -0.457. The van der Waals surface area contributed by atoms with Crippen molar-refractivity contribution in [3.8, 4) is 5.75 Å². The van der Waals surface area contributed by atoms with E-state index in [4.69, 9.17) is 29.9 Å². The van der Waals surface area contributed by atoms with Gasteiger partial charge in [-0.2, -0.15) is 9.35 Å². The molecule has 3 aliphatic rings. The number of amidine groups is 1. The molecular weight excluding hydrogens is 656 g/mol. The molecule has 5 rings (SSSR count). The van der Waals surface area contributed by atoms with Crippen LogP contribution in [0, 0.1) is 0 Å². The van der Waals surface area contributed by atoms with E-state index >= 15 is 0 Å². The minimum absolute atomic E-state index is 0.00647. The van der Waals surface area contributed by atoms with Crippen LogP contribution in [0.3, 0.4) is 0 Å². The average molecular weight is 693 g/mol. The summed E-state index contributed by atoms with van der Waals surface area (Å²) in [6, 6.07) is 4.35. The molecule has 9 N–H and O–H groups in total. The number of aliphatic imine (C=N–C) groups is 1. The van der Waals surface area contributed by atoms with Gasteiger partial charge in [0.15, 0.2) is 29.3 Å². The monoisotopic (exact) mass is 692 g/mol. The van der Waals surface area contributed by atoms with Gasteiger partial charge in [-0.05, 0) is 63.8 Å². The van der Waals surface area contributed by atoms with Crippen molar-refractivity contribution in [3.63, 3.8) is 0 Å². The highest BCUT2D eigenvalue weighted by molar-refractivity contribution is 7.88. The van der Waals surface area contributed by atoms with Gasteiger partial charge in [0.25, 0.3) is 17.4 Å². The predicted octanol–water partition coefficient (Wildman–Crippen LogP) is 0.270. The third kappa shape index (κ3) is 6.85. The minimum Gasteiger partial charge on any atom is -0.485 e. The number of aliphatic carboxylic acids is 1. The minimum atomic E-state index is -2.05. The number of carboxylic acid groups (broad SMARTS) is 1. The first-order valence-electron chi connectivity index (χ1n) is 14.6. The molecule has 5 atom stereocenters. The van der Waals surface area contributed by atoms with Crippen molar-refractivity contribution in [1.82, 2.24) is 20.7 Å². The Bertz CT molecular complexity index is 1600. The van der Waals surface area contributed by atoms with E-state index in [1.54, 1.807) is 26.0 Å². The zero-order valence-electron chi connectivity index (χ0n) is 25.7. The zero-order chi connectivity index (χ0) is 34.1. The predicted molar refractivity (Wildman–Crippen MR) is 172 cm³/mol. The number of carbonyl (C=O) groups is 3. The molecule has 2 amide bonds. The Morgan fingerprint density at radius 2 is 2.17 bits per heavy atom. The first-order chi connectivity index (χ1) is 22.3. The molecule has 19 heteroatoms. The lowest BCUT2D eigenvalue weighted by atomic mass is 9.84. The van der Waals surface area contributed by atoms with Gasteiger partial charge in [-0.1, -0.05) is 5.16 Å². The number of aryl methyl sites for hydroxylation is 1. The highest BCUT2D eigenvalue weighted by Gasteiger charge is 2.57. The lowest BCUT2D eigenvalue weighted by molar-refractivity contribution is -0.214. The summed E-state index contributed by atoms with van der Waals surface area (Å²) >= 11 is 1.01. The number of β-lactam (4-membered cyclic amide) rings is 1. The standard InChI is InChI=1S/C28H36N8O9S2/c1-27(2)21(24(39)36(27)45-47-42)34-23(38)20(17-12-46-26(30)33-17)35-44-28(3,25(40)41)19-7-5-13-8-14(4-6-18(13)43-19)22-31-11-15(32-22)9-16(37)10-29/h4,6,8,12,15-16,19,21,37,42H,5,7,9-11,29H2,1-3H3,(H2,30,33)(H,31,32)(H,34,38)(H,40,41)/b35-20-. The molecule has 254 valence electrons. The van der Waals surface area contributed by atoms with Crippen LogP contribution in [0.1, 0.15) is 50.4 Å². The van der Waals surface area contributed by atoms with Gasteiger partial charge in [0, 0.05) is 23.5 Å². The van der Waals surface area contributed by atoms with Gasteiger partial charge in [0.05, 0.1) is 18.2 Å². The molecule has 47 heavy (non-hydrogen) atoms. The zero-order valence-corrected chi connectivity index (χ0v) is 27.3. The normalized spacial score (nSPS) is 23.7. The molecular formula is C28H36N8O9S2. The quantitative estimate of drug-likeness (QED) is 0.0644. The van der Waals surface area contributed by atoms with Gasteiger partial charge < -0.3 is 46.4 Å². The van der Waals surface area contributed by atoms with Crippen molar-refractivity contribution in [2.24, 2.45) is 15.9 Å². The number of carboxylic acids is 1. The number of nitrogens with zero attached hydrogens (tertiary/aromatic N) is 4. The van der Waals surface area contributed by atoms with Crippen LogP contribution in [0.15, 0.2) is 33.7 Å². The molecule has 17 nitrogen and oxygen atoms in total. The van der Waals surface area contributed by atoms with Crippen LogP contribution in [-0.4, -0.2) is 103 Å². The number of nitrogen functional groups attached to an aromatic ring is 1. The van der Waals surface area contributed by atoms with Crippen molar-refractivity contribution < 1.29 is 43.0 Å². The van der Waals surface area contributed by atoms with E-state index in [1.165, 1.54) is 12.3 Å². The summed E-state index contributed by atoms with van der Waals surface area (Å²) < 4.78 is 20.0. The highest BCUT2D eigenvalue weighted by atomic mass is 32.2. The second-order valence-electron chi connectivity index (χ2n) is 12.0. The van der Waals surface area contributed by atoms with Crippen LogP contribution in [0.4, 0.5) is 5.13 Å². The number of anilines is 1. The lowest BCUT2D eigenvalue weighted by Gasteiger charge is -2.50. The third-order valence-corrected chi connectivity index (χ3v) is 9.21. The summed E-state index contributed by atoms with van der Waals surface area (Å²) in [5, 5.41) is 32.4. The number of ether oxygens (including phenoxy) is 1. The Balaban J connectivity index is 1.32. The number of hydrogen-bond acceptors (Lipinski definition) is 16. The molecule has 1 aromatic carbocycles. The van der Waals surface area contributed by atoms with Crippen molar-refractivity contribution in [2.45, 2.75) is 75.5 Å². The van der Waals surface area contributed by atoms with E-state index in [0.717, 1.165) is 27.5 Å². The fraction of sp³-hybridized carbons (Fsp3) is 0.500. The van der Waals surface area contributed by atoms with Crippen LogP contribution in [0.5, 0.6) is 5.75 Å². The van der Waals surface area contributed by atoms with E-state index < -0.39 is 52.9 Å². The average Bonchev–Trinajstić information content (AvgIpc) is 3.70. The van der Waals surface area contributed by atoms with E-state index in [2.05, 4.69) is 25.8 Å². The SMILES string of the molecule is CC(O/N=C(\C(=O)NC1C(=O)N(OSO)C1(C)C)c1csc(N)n1)(C(=O)O)C1CCc2cc(C3=NCC(CC(O)CN)N3)ccc2O1. The molecule has 1 aromatic heterocycles. The summed E-state index contributed by atoms with van der Waals surface area (Å²) in [6.45, 7) is 5.18. The van der Waals surface area contributed by atoms with Crippen molar-refractivity contribution in [2.75, 3.05) is 18.8 Å². The molecule has 5 unspecified atom stereocenters. The number of benzene rings is 1. The van der Waals surface area contributed by atoms with E-state index in [0.29, 0.717) is 31.0 Å². The Morgan fingerprint density at radius 1 is 1.40 bits per heavy atom. The van der Waals surface area contributed by atoms with E-state index in [-0.39, 0.29) is 42.2 Å². The van der Waals surface area contributed by atoms with Gasteiger partial charge >= 0.3 is 5.97 Å². The topological polar surface area (TPSA) is 257 Å². The van der Waals surface area contributed by atoms with Crippen LogP contribution in [0.2, 0.25) is 0 Å². The number of aliphatic hydroxyl groups excluding tert-OH is 1. The Labute approximate surface area is 277 Å². The van der Waals surface area contributed by atoms with Crippen LogP contribution in [-0.2, 0) is 29.9 Å². The Kier molecular flexibility index (Phi) is 9.94. The molecule has 0 spiro atoms. The lowest BCUT2D eigenvalue weighted by Crippen LogP contribution is -2.76. The number of aromatic nitrogens is 1. The van der Waals surface area contributed by atoms with Crippen molar-refractivity contribution in [3.05, 3.63) is 40.4 Å². The summed E-state index contributed by atoms with van der Waals surface area (Å²) in [7, 11) is 0. The van der Waals surface area contributed by atoms with E-state index in [9.17, 15) is 24.6 Å². The molecule has 2 aromatic rings. The number of aliphatic hydroxyl groups is 1. The number of carbonyl (C=O) groups excluding carboxylic acids is 2. The second kappa shape index (κ2) is 13.6. The number of hydrogen-bond donors (Lipinski definition) is 7. The number of nitrogens with two attached hydrogens (primary N) is 2. The van der Waals surface area contributed by atoms with E-state index in [1.807, 2.05) is 6.07 Å². The number of hydroxylamine groups is 2. The molecule has 4 heterocycles. The highest BCUT2D eigenvalue weighted by Crippen LogP contribution is 2.36. The number of nitrogens with one attached hydrogen (secondary N) is 2. The molecule has 0 radical (unpaired) electrons. The van der Waals surface area contributed by atoms with Crippen LogP contribution < -0.4 is 26.8 Å². The number of fused-ring (bicyclic) bond motifs is 1. The first kappa shape index (κ1) is 34.3. The maximum atomic E-state index is 13.4. The maximum absolute atomic E-state index is 13.4. The fourth-order valence-corrected chi connectivity index (χ4v) is 6.36. The number of rotatable bonds is 13. The van der Waals surface area contributed by atoms with Crippen molar-refractivity contribution in [1.29, 1.82) is 0 Å². The number of amides is 2. The second-order valence-corrected chi connectivity index (χ2v) is 13.2. The molecule has 0 saturated carbocycles. The number of thiazole rings is 1. The smallest absolute Gasteiger partial charge is 0.354 e. The molecule has 3 aliphatic heterocycles. The molecule has 0 aliphatic carbocycles. The van der Waals surface area contributed by atoms with Crippen molar-refractivity contribution >= 4 is 58.1 Å². The maximum Gasteiger partial charge on any atom is 0.354 e. The summed E-state index contributed by atoms with van der Waals surface area (Å²) in [4.78, 5) is 52.9. The molecule has 1 saturated heterocycles. The van der Waals surface area contributed by atoms with Gasteiger partial charge in [0.2, 0.25) is 0 Å². The van der Waals surface area contributed by atoms with Crippen LogP contribution >= 0.6 is 23.7 Å². The number of oxime groups is 1. The summed E-state index contributed by atoms with van der Waals surface area (Å²) in [5.41, 5.74) is 9.49. The van der Waals surface area contributed by atoms with Gasteiger partial charge in [-0.15, -0.1) is 11.3 Å². The van der Waals surface area contributed by atoms with Gasteiger partial charge in [0.1, 0.15) is 23.3 Å². The fourth-order valence-electron chi connectivity index (χ4n) is 5.48. The van der Waals surface area contributed by atoms with Gasteiger partial charge in [-0.25, -0.2) is 9.78 Å². The third-order valence-electron chi connectivity index (χ3n) is 8.32. The van der Waals surface area contributed by atoms with Crippen LogP contribution in [0.25, 0.3) is 0 Å². The molecule has 1 fully saturated rings. The Hall–Kier alpha value is -4.01. The largest absolute Gasteiger partial charge is 0.485 e. The summed E-state index contributed by atoms with van der Waals surface area (Å²) in [5.74, 6) is -1.75. The Morgan fingerprint density at radius 3 is 2.81 bits per heavy atom. The first-order valence-corrected chi connectivity index (χ1v) is 16.2.